The zero-order chi connectivity index (χ0) is 22.7. The number of rotatable bonds is 6. The third-order valence-electron chi connectivity index (χ3n) is 5.96. The Morgan fingerprint density at radius 1 is 1.16 bits per heavy atom. The van der Waals surface area contributed by atoms with Crippen LogP contribution in [0.3, 0.4) is 0 Å². The van der Waals surface area contributed by atoms with Crippen LogP contribution in [0, 0.1) is 0 Å². The Bertz CT molecular complexity index is 923. The van der Waals surface area contributed by atoms with E-state index in [9.17, 15) is 23.1 Å². The lowest BCUT2D eigenvalue weighted by Gasteiger charge is -2.26. The van der Waals surface area contributed by atoms with Gasteiger partial charge < -0.3 is 25.0 Å². The molecule has 1 saturated heterocycles. The van der Waals surface area contributed by atoms with Crippen LogP contribution >= 0.6 is 0 Å². The number of carbonyl (C=O) groups excluding carboxylic acids is 1. The van der Waals surface area contributed by atoms with E-state index in [0.29, 0.717) is 37.2 Å². The molecular formula is C22H26F3N3O4. The third-order valence-corrected chi connectivity index (χ3v) is 5.96. The number of amides is 1. The lowest BCUT2D eigenvalue weighted by molar-refractivity contribution is -0.137. The van der Waals surface area contributed by atoms with E-state index in [2.05, 4.69) is 15.8 Å². The van der Waals surface area contributed by atoms with Gasteiger partial charge in [-0.2, -0.15) is 13.2 Å². The van der Waals surface area contributed by atoms with Crippen LogP contribution in [0.2, 0.25) is 0 Å². The van der Waals surface area contributed by atoms with Crippen molar-refractivity contribution in [3.05, 3.63) is 41.1 Å². The van der Waals surface area contributed by atoms with Crippen molar-refractivity contribution >= 4 is 5.91 Å². The van der Waals surface area contributed by atoms with Crippen LogP contribution in [0.15, 0.2) is 28.8 Å². The van der Waals surface area contributed by atoms with Crippen molar-refractivity contribution in [1.29, 1.82) is 0 Å². The number of ether oxygens (including phenoxy) is 1. The van der Waals surface area contributed by atoms with E-state index in [4.69, 9.17) is 9.26 Å². The van der Waals surface area contributed by atoms with E-state index in [-0.39, 0.29) is 30.1 Å². The van der Waals surface area contributed by atoms with Gasteiger partial charge in [0.2, 0.25) is 0 Å². The first-order valence-corrected chi connectivity index (χ1v) is 10.8. The van der Waals surface area contributed by atoms with Gasteiger partial charge in [-0.05, 0) is 44.2 Å². The Hall–Kier alpha value is -2.43. The van der Waals surface area contributed by atoms with E-state index in [1.165, 1.54) is 12.1 Å². The molecule has 2 heterocycles. The van der Waals surface area contributed by atoms with Crippen LogP contribution in [0.25, 0.3) is 11.3 Å². The van der Waals surface area contributed by atoms with Crippen molar-refractivity contribution in [2.75, 3.05) is 13.2 Å². The first-order chi connectivity index (χ1) is 15.3. The van der Waals surface area contributed by atoms with Gasteiger partial charge in [-0.1, -0.05) is 17.3 Å². The molecule has 174 valence electrons. The highest BCUT2D eigenvalue weighted by atomic mass is 19.4. The lowest BCUT2D eigenvalue weighted by Crippen LogP contribution is -2.40. The molecule has 0 spiro atoms. The molecule has 3 unspecified atom stereocenters. The highest BCUT2D eigenvalue weighted by molar-refractivity contribution is 5.95. The van der Waals surface area contributed by atoms with Crippen LogP contribution in [0.1, 0.15) is 53.7 Å². The van der Waals surface area contributed by atoms with E-state index in [1.54, 1.807) is 0 Å². The Labute approximate surface area is 183 Å². The maximum Gasteiger partial charge on any atom is 0.416 e. The van der Waals surface area contributed by atoms with Gasteiger partial charge in [0.05, 0.1) is 18.3 Å². The van der Waals surface area contributed by atoms with E-state index < -0.39 is 23.8 Å². The molecular weight excluding hydrogens is 427 g/mol. The number of benzene rings is 1. The number of hydrogen-bond donors (Lipinski definition) is 3. The molecule has 0 radical (unpaired) electrons. The predicted molar refractivity (Wildman–Crippen MR) is 109 cm³/mol. The molecule has 3 atom stereocenters. The highest BCUT2D eigenvalue weighted by Crippen LogP contribution is 2.33. The summed E-state index contributed by atoms with van der Waals surface area (Å²) in [5, 5.41) is 20.0. The molecule has 1 saturated carbocycles. The number of carbonyl (C=O) groups is 1. The van der Waals surface area contributed by atoms with Gasteiger partial charge in [-0.15, -0.1) is 0 Å². The molecule has 1 amide bonds. The molecule has 32 heavy (non-hydrogen) atoms. The molecule has 7 nitrogen and oxygen atoms in total. The molecule has 2 fully saturated rings. The Kier molecular flexibility index (Phi) is 6.82. The van der Waals surface area contributed by atoms with Crippen molar-refractivity contribution in [2.24, 2.45) is 0 Å². The largest absolute Gasteiger partial charge is 0.416 e. The quantitative estimate of drug-likeness (QED) is 0.621. The van der Waals surface area contributed by atoms with Gasteiger partial charge >= 0.3 is 6.18 Å². The molecule has 1 aromatic heterocycles. The molecule has 10 heteroatoms. The number of nitrogens with one attached hydrogen (secondary N) is 2. The van der Waals surface area contributed by atoms with Gasteiger partial charge in [-0.3, -0.25) is 4.79 Å². The SMILES string of the molecule is O=C(NC1CCCC(O)C1)c1noc(-c2ccc(C(F)(F)F)cc2)c1CNC1CCOC1. The van der Waals surface area contributed by atoms with Crippen LogP contribution in [-0.2, 0) is 17.5 Å². The normalized spacial score (nSPS) is 23.9. The highest BCUT2D eigenvalue weighted by Gasteiger charge is 2.31. The average molecular weight is 453 g/mol. The molecule has 2 aromatic rings. The number of alkyl halides is 3. The number of nitrogens with zero attached hydrogens (tertiary/aromatic N) is 1. The van der Waals surface area contributed by atoms with Crippen LogP contribution in [0.5, 0.6) is 0 Å². The maximum absolute atomic E-state index is 13.0. The smallest absolute Gasteiger partial charge is 0.393 e. The van der Waals surface area contributed by atoms with E-state index >= 15 is 0 Å². The predicted octanol–water partition coefficient (Wildman–Crippen LogP) is 3.27. The van der Waals surface area contributed by atoms with Gasteiger partial charge in [0.15, 0.2) is 11.5 Å². The zero-order valence-corrected chi connectivity index (χ0v) is 17.5. The van der Waals surface area contributed by atoms with Gasteiger partial charge in [-0.25, -0.2) is 0 Å². The molecule has 1 aromatic carbocycles. The molecule has 4 rings (SSSR count). The second-order valence-corrected chi connectivity index (χ2v) is 8.35. The number of aromatic nitrogens is 1. The summed E-state index contributed by atoms with van der Waals surface area (Å²) in [5.41, 5.74) is 0.200. The summed E-state index contributed by atoms with van der Waals surface area (Å²) in [4.78, 5) is 13.0. The Morgan fingerprint density at radius 2 is 1.94 bits per heavy atom. The average Bonchev–Trinajstić information content (AvgIpc) is 3.41. The minimum absolute atomic E-state index is 0.0892. The lowest BCUT2D eigenvalue weighted by atomic mass is 9.93. The van der Waals surface area contributed by atoms with E-state index in [0.717, 1.165) is 31.4 Å². The zero-order valence-electron chi connectivity index (χ0n) is 17.5. The first kappa shape index (κ1) is 22.8. The number of aliphatic hydroxyl groups is 1. The minimum atomic E-state index is -4.44. The number of hydrogen-bond acceptors (Lipinski definition) is 6. The fraction of sp³-hybridized carbons (Fsp3) is 0.545. The van der Waals surface area contributed by atoms with Crippen molar-refractivity contribution in [1.82, 2.24) is 15.8 Å². The Morgan fingerprint density at radius 3 is 2.59 bits per heavy atom. The minimum Gasteiger partial charge on any atom is -0.393 e. The van der Waals surface area contributed by atoms with Crippen molar-refractivity contribution in [3.63, 3.8) is 0 Å². The topological polar surface area (TPSA) is 96.6 Å². The Balaban J connectivity index is 1.58. The monoisotopic (exact) mass is 453 g/mol. The fourth-order valence-corrected chi connectivity index (χ4v) is 4.18. The summed E-state index contributed by atoms with van der Waals surface area (Å²) in [7, 11) is 0. The fourth-order valence-electron chi connectivity index (χ4n) is 4.18. The number of aliphatic hydroxyl groups excluding tert-OH is 1. The molecule has 2 aliphatic rings. The summed E-state index contributed by atoms with van der Waals surface area (Å²) in [5.74, 6) is -0.176. The summed E-state index contributed by atoms with van der Waals surface area (Å²) < 4.78 is 49.6. The van der Waals surface area contributed by atoms with Crippen LogP contribution < -0.4 is 10.6 Å². The van der Waals surface area contributed by atoms with E-state index in [1.807, 2.05) is 0 Å². The van der Waals surface area contributed by atoms with Gasteiger partial charge in [0, 0.05) is 36.4 Å². The van der Waals surface area contributed by atoms with Crippen LogP contribution in [-0.4, -0.2) is 47.6 Å². The molecule has 1 aliphatic carbocycles. The summed E-state index contributed by atoms with van der Waals surface area (Å²) in [6, 6.07) is 4.51. The van der Waals surface area contributed by atoms with Crippen molar-refractivity contribution in [2.45, 2.75) is 63.0 Å². The summed E-state index contributed by atoms with van der Waals surface area (Å²) in [6.07, 6.45) is -1.30. The van der Waals surface area contributed by atoms with Crippen molar-refractivity contribution in [3.8, 4) is 11.3 Å². The van der Waals surface area contributed by atoms with Crippen LogP contribution in [0.4, 0.5) is 13.2 Å². The standard InChI is InChI=1S/C22H26F3N3O4/c23-22(24,25)14-6-4-13(5-7-14)20-18(11-26-16-8-9-31-12-16)19(28-32-20)21(30)27-15-2-1-3-17(29)10-15/h4-7,15-17,26,29H,1-3,8-12H2,(H,27,30). The third kappa shape index (κ3) is 5.31. The number of halogens is 3. The molecule has 1 aliphatic heterocycles. The molecule has 3 N–H and O–H groups in total. The second-order valence-electron chi connectivity index (χ2n) is 8.35. The summed E-state index contributed by atoms with van der Waals surface area (Å²) >= 11 is 0. The summed E-state index contributed by atoms with van der Waals surface area (Å²) in [6.45, 7) is 1.44. The maximum atomic E-state index is 13.0. The second kappa shape index (κ2) is 9.60. The van der Waals surface area contributed by atoms with Gasteiger partial charge in [0.1, 0.15) is 0 Å². The van der Waals surface area contributed by atoms with Crippen molar-refractivity contribution < 1.29 is 32.3 Å². The van der Waals surface area contributed by atoms with Gasteiger partial charge in [0.25, 0.3) is 5.91 Å². The molecule has 0 bridgehead atoms. The first-order valence-electron chi connectivity index (χ1n) is 10.8.